The van der Waals surface area contributed by atoms with E-state index in [0.717, 1.165) is 13.0 Å². The first-order valence-corrected chi connectivity index (χ1v) is 9.40. The van der Waals surface area contributed by atoms with E-state index in [1.807, 2.05) is 27.7 Å². The topological polar surface area (TPSA) is 92.5 Å². The Balaban J connectivity index is 2.50. The number of nitrogens with two attached hydrogens (primary N) is 1. The lowest BCUT2D eigenvalue weighted by Gasteiger charge is -2.35. The SMILES string of the molecule is CC(C)NC(C)(CCCN1CCS(=O)(=O)CC1C)C(N)=O. The van der Waals surface area contributed by atoms with Crippen LogP contribution in [0.15, 0.2) is 0 Å². The predicted molar refractivity (Wildman–Crippen MR) is 84.8 cm³/mol. The summed E-state index contributed by atoms with van der Waals surface area (Å²) in [5.41, 5.74) is 4.80. The molecule has 1 aliphatic heterocycles. The van der Waals surface area contributed by atoms with Gasteiger partial charge in [0.05, 0.1) is 17.0 Å². The molecule has 0 aromatic rings. The monoisotopic (exact) mass is 319 g/mol. The second kappa shape index (κ2) is 7.07. The molecule has 0 saturated carbocycles. The molecule has 1 amide bonds. The summed E-state index contributed by atoms with van der Waals surface area (Å²) in [6.45, 7) is 9.11. The molecule has 0 aromatic carbocycles. The van der Waals surface area contributed by atoms with Crippen LogP contribution in [0.25, 0.3) is 0 Å². The Kier molecular flexibility index (Phi) is 6.19. The normalized spacial score (nSPS) is 25.7. The Hall–Kier alpha value is -0.660. The van der Waals surface area contributed by atoms with Crippen LogP contribution in [0.4, 0.5) is 0 Å². The quantitative estimate of drug-likeness (QED) is 0.696. The second-order valence-corrected chi connectivity index (χ2v) is 8.83. The van der Waals surface area contributed by atoms with Gasteiger partial charge in [-0.05, 0) is 47.1 Å². The zero-order chi connectivity index (χ0) is 16.3. The summed E-state index contributed by atoms with van der Waals surface area (Å²) in [5.74, 6) is 0.115. The molecule has 1 saturated heterocycles. The predicted octanol–water partition coefficient (Wildman–Crippen LogP) is 0.128. The number of primary amides is 1. The van der Waals surface area contributed by atoms with Crippen LogP contribution in [-0.4, -0.2) is 61.4 Å². The van der Waals surface area contributed by atoms with Gasteiger partial charge in [-0.3, -0.25) is 9.69 Å². The molecule has 1 rings (SSSR count). The summed E-state index contributed by atoms with van der Waals surface area (Å²) in [7, 11) is -2.88. The highest BCUT2D eigenvalue weighted by molar-refractivity contribution is 7.91. The Labute approximate surface area is 128 Å². The molecule has 0 bridgehead atoms. The molecule has 6 nitrogen and oxygen atoms in total. The van der Waals surface area contributed by atoms with Gasteiger partial charge in [-0.25, -0.2) is 8.42 Å². The van der Waals surface area contributed by atoms with Gasteiger partial charge in [-0.1, -0.05) is 0 Å². The number of carbonyl (C=O) groups is 1. The minimum Gasteiger partial charge on any atom is -0.368 e. The molecule has 0 radical (unpaired) electrons. The van der Waals surface area contributed by atoms with Gasteiger partial charge in [-0.2, -0.15) is 0 Å². The van der Waals surface area contributed by atoms with Gasteiger partial charge in [0.25, 0.3) is 0 Å². The number of nitrogens with one attached hydrogen (secondary N) is 1. The van der Waals surface area contributed by atoms with Crippen molar-refractivity contribution in [3.8, 4) is 0 Å². The van der Waals surface area contributed by atoms with Crippen LogP contribution in [0.5, 0.6) is 0 Å². The van der Waals surface area contributed by atoms with Gasteiger partial charge in [0, 0.05) is 18.6 Å². The average Bonchev–Trinajstić information content (AvgIpc) is 2.30. The van der Waals surface area contributed by atoms with Crippen molar-refractivity contribution in [2.75, 3.05) is 24.6 Å². The average molecular weight is 319 g/mol. The second-order valence-electron chi connectivity index (χ2n) is 6.60. The fourth-order valence-corrected chi connectivity index (χ4v) is 4.53. The van der Waals surface area contributed by atoms with Crippen molar-refractivity contribution in [1.82, 2.24) is 10.2 Å². The molecule has 0 aliphatic carbocycles. The molecule has 3 N–H and O–H groups in total. The lowest BCUT2D eigenvalue weighted by Crippen LogP contribution is -2.56. The molecule has 7 heteroatoms. The summed E-state index contributed by atoms with van der Waals surface area (Å²) in [4.78, 5) is 13.8. The Morgan fingerprint density at radius 3 is 2.57 bits per heavy atom. The summed E-state index contributed by atoms with van der Waals surface area (Å²) >= 11 is 0. The lowest BCUT2D eigenvalue weighted by atomic mass is 9.93. The number of nitrogens with zero attached hydrogens (tertiary/aromatic N) is 1. The third kappa shape index (κ3) is 5.56. The standard InChI is InChI=1S/C14H29N3O3S/c1-11(2)16-14(4,13(15)18)6-5-7-17-8-9-21(19,20)10-12(17)3/h11-12,16H,5-10H2,1-4H3,(H2,15,18). The van der Waals surface area contributed by atoms with Gasteiger partial charge in [0.1, 0.15) is 0 Å². The highest BCUT2D eigenvalue weighted by Crippen LogP contribution is 2.17. The molecular formula is C14H29N3O3S. The first kappa shape index (κ1) is 18.4. The van der Waals surface area contributed by atoms with Crippen LogP contribution < -0.4 is 11.1 Å². The van der Waals surface area contributed by atoms with Crippen molar-refractivity contribution in [2.45, 2.75) is 58.2 Å². The number of sulfone groups is 1. The first-order valence-electron chi connectivity index (χ1n) is 7.58. The van der Waals surface area contributed by atoms with Crippen LogP contribution in [0.1, 0.15) is 40.5 Å². The largest absolute Gasteiger partial charge is 0.368 e. The summed E-state index contributed by atoms with van der Waals surface area (Å²) in [5, 5.41) is 3.23. The number of amides is 1. The Morgan fingerprint density at radius 1 is 1.48 bits per heavy atom. The van der Waals surface area contributed by atoms with Crippen molar-refractivity contribution < 1.29 is 13.2 Å². The zero-order valence-electron chi connectivity index (χ0n) is 13.6. The van der Waals surface area contributed by atoms with E-state index >= 15 is 0 Å². The van der Waals surface area contributed by atoms with Gasteiger partial charge < -0.3 is 11.1 Å². The highest BCUT2D eigenvalue weighted by Gasteiger charge is 2.32. The van der Waals surface area contributed by atoms with Crippen molar-refractivity contribution >= 4 is 15.7 Å². The molecule has 0 aromatic heterocycles. The number of carbonyl (C=O) groups excluding carboxylic acids is 1. The lowest BCUT2D eigenvalue weighted by molar-refractivity contribution is -0.124. The summed E-state index contributed by atoms with van der Waals surface area (Å²) < 4.78 is 23.1. The molecule has 0 spiro atoms. The fraction of sp³-hybridized carbons (Fsp3) is 0.929. The van der Waals surface area contributed by atoms with E-state index in [9.17, 15) is 13.2 Å². The van der Waals surface area contributed by atoms with Crippen LogP contribution in [0, 0.1) is 0 Å². The van der Waals surface area contributed by atoms with Gasteiger partial charge in [-0.15, -0.1) is 0 Å². The highest BCUT2D eigenvalue weighted by atomic mass is 32.2. The molecule has 2 atom stereocenters. The van der Waals surface area contributed by atoms with E-state index in [1.165, 1.54) is 0 Å². The molecular weight excluding hydrogens is 290 g/mol. The van der Waals surface area contributed by atoms with Crippen molar-refractivity contribution in [1.29, 1.82) is 0 Å². The summed E-state index contributed by atoms with van der Waals surface area (Å²) in [6, 6.07) is 0.225. The summed E-state index contributed by atoms with van der Waals surface area (Å²) in [6.07, 6.45) is 1.46. The van der Waals surface area contributed by atoms with E-state index in [-0.39, 0.29) is 29.5 Å². The van der Waals surface area contributed by atoms with E-state index < -0.39 is 15.4 Å². The fourth-order valence-electron chi connectivity index (χ4n) is 2.90. The maximum Gasteiger partial charge on any atom is 0.237 e. The molecule has 1 fully saturated rings. The smallest absolute Gasteiger partial charge is 0.237 e. The number of hydrogen-bond acceptors (Lipinski definition) is 5. The van der Waals surface area contributed by atoms with E-state index in [4.69, 9.17) is 5.73 Å². The maximum atomic E-state index is 11.7. The van der Waals surface area contributed by atoms with Gasteiger partial charge in [0.2, 0.25) is 5.91 Å². The maximum absolute atomic E-state index is 11.7. The number of rotatable bonds is 7. The number of hydrogen-bond donors (Lipinski definition) is 2. The molecule has 2 unspecified atom stereocenters. The zero-order valence-corrected chi connectivity index (χ0v) is 14.4. The van der Waals surface area contributed by atoms with Gasteiger partial charge >= 0.3 is 0 Å². The molecule has 1 aliphatic rings. The van der Waals surface area contributed by atoms with Crippen LogP contribution >= 0.6 is 0 Å². The van der Waals surface area contributed by atoms with Crippen molar-refractivity contribution in [3.05, 3.63) is 0 Å². The Morgan fingerprint density at radius 2 is 2.10 bits per heavy atom. The Bertz CT molecular complexity index is 464. The van der Waals surface area contributed by atoms with Gasteiger partial charge in [0.15, 0.2) is 9.84 Å². The molecule has 124 valence electrons. The van der Waals surface area contributed by atoms with E-state index in [0.29, 0.717) is 13.0 Å². The van der Waals surface area contributed by atoms with E-state index in [2.05, 4.69) is 10.2 Å². The molecule has 1 heterocycles. The van der Waals surface area contributed by atoms with E-state index in [1.54, 1.807) is 0 Å². The minimum absolute atomic E-state index is 0.0432. The third-order valence-corrected chi connectivity index (χ3v) is 5.88. The first-order chi connectivity index (χ1) is 9.56. The van der Waals surface area contributed by atoms with Crippen LogP contribution in [0.3, 0.4) is 0 Å². The molecule has 21 heavy (non-hydrogen) atoms. The van der Waals surface area contributed by atoms with Crippen LogP contribution in [0.2, 0.25) is 0 Å². The van der Waals surface area contributed by atoms with Crippen molar-refractivity contribution in [3.63, 3.8) is 0 Å². The minimum atomic E-state index is -2.88. The van der Waals surface area contributed by atoms with Crippen molar-refractivity contribution in [2.24, 2.45) is 5.73 Å². The van der Waals surface area contributed by atoms with Crippen LogP contribution in [-0.2, 0) is 14.6 Å². The third-order valence-electron chi connectivity index (χ3n) is 4.08.